The van der Waals surface area contributed by atoms with Crippen molar-refractivity contribution in [3.63, 3.8) is 0 Å². The predicted molar refractivity (Wildman–Crippen MR) is 88.2 cm³/mol. The molecule has 0 unspecified atom stereocenters. The molecule has 2 rings (SSSR count). The number of ether oxygens (including phenoxy) is 1. The maximum absolute atomic E-state index is 11.8. The molecule has 1 aromatic heterocycles. The van der Waals surface area contributed by atoms with Gasteiger partial charge in [0.25, 0.3) is 5.91 Å². The van der Waals surface area contributed by atoms with Crippen LogP contribution in [0.3, 0.4) is 0 Å². The van der Waals surface area contributed by atoms with E-state index >= 15 is 0 Å². The van der Waals surface area contributed by atoms with E-state index in [1.165, 1.54) is 5.56 Å². The molecule has 0 aliphatic rings. The van der Waals surface area contributed by atoms with Crippen LogP contribution in [0.25, 0.3) is 0 Å². The van der Waals surface area contributed by atoms with Crippen LogP contribution in [0, 0.1) is 6.92 Å². The lowest BCUT2D eigenvalue weighted by atomic mass is 9.87. The number of carbonyl (C=O) groups is 1. The zero-order chi connectivity index (χ0) is 16.3. The van der Waals surface area contributed by atoms with Crippen molar-refractivity contribution in [1.82, 2.24) is 5.16 Å². The first-order valence-electron chi connectivity index (χ1n) is 6.92. The number of hydrogen-bond acceptors (Lipinski definition) is 4. The molecular formula is C16H19BrN2O3. The zero-order valence-corrected chi connectivity index (χ0v) is 14.7. The Labute approximate surface area is 138 Å². The maximum Gasteiger partial charge on any atom is 0.263 e. The van der Waals surface area contributed by atoms with Crippen LogP contribution in [-0.4, -0.2) is 17.7 Å². The van der Waals surface area contributed by atoms with Crippen molar-refractivity contribution in [2.24, 2.45) is 0 Å². The van der Waals surface area contributed by atoms with Gasteiger partial charge in [-0.3, -0.25) is 4.79 Å². The van der Waals surface area contributed by atoms with Gasteiger partial charge in [0.1, 0.15) is 11.5 Å². The molecule has 118 valence electrons. The molecule has 2 aromatic rings. The predicted octanol–water partition coefficient (Wildman–Crippen LogP) is 4.06. The molecule has 0 atom stereocenters. The average Bonchev–Trinajstić information content (AvgIpc) is 2.81. The Bertz CT molecular complexity index is 674. The van der Waals surface area contributed by atoms with Crippen LogP contribution in [0.2, 0.25) is 0 Å². The Hall–Kier alpha value is -1.82. The number of aryl methyl sites for hydroxylation is 1. The molecule has 1 N–H and O–H groups in total. The second-order valence-electron chi connectivity index (χ2n) is 6.05. The molecule has 0 saturated heterocycles. The first-order valence-corrected chi connectivity index (χ1v) is 7.71. The van der Waals surface area contributed by atoms with Gasteiger partial charge in [0.05, 0.1) is 4.47 Å². The largest absolute Gasteiger partial charge is 0.483 e. The highest BCUT2D eigenvalue weighted by Gasteiger charge is 2.16. The summed E-state index contributed by atoms with van der Waals surface area (Å²) in [5.74, 6) is 1.35. The second kappa shape index (κ2) is 6.52. The van der Waals surface area contributed by atoms with Crippen LogP contribution < -0.4 is 10.1 Å². The molecule has 0 fully saturated rings. The molecule has 0 bridgehead atoms. The lowest BCUT2D eigenvalue weighted by Gasteiger charge is -2.20. The van der Waals surface area contributed by atoms with Crippen molar-refractivity contribution in [1.29, 1.82) is 0 Å². The second-order valence-corrected chi connectivity index (χ2v) is 6.91. The normalized spacial score (nSPS) is 11.3. The van der Waals surface area contributed by atoms with Crippen molar-refractivity contribution in [2.75, 3.05) is 11.9 Å². The minimum Gasteiger partial charge on any atom is -0.483 e. The van der Waals surface area contributed by atoms with Gasteiger partial charge in [-0.1, -0.05) is 32.0 Å². The highest BCUT2D eigenvalue weighted by molar-refractivity contribution is 9.10. The van der Waals surface area contributed by atoms with Gasteiger partial charge in [-0.2, -0.15) is 0 Å². The molecular weight excluding hydrogens is 348 g/mol. The summed E-state index contributed by atoms with van der Waals surface area (Å²) in [5.41, 5.74) is 1.25. The quantitative estimate of drug-likeness (QED) is 0.885. The van der Waals surface area contributed by atoms with E-state index in [-0.39, 0.29) is 17.9 Å². The van der Waals surface area contributed by atoms with Crippen LogP contribution >= 0.6 is 15.9 Å². The molecule has 0 aliphatic heterocycles. The summed E-state index contributed by atoms with van der Waals surface area (Å²) in [6.45, 7) is 8.08. The number of halogens is 1. The minimum absolute atomic E-state index is 0.0588. The number of nitrogens with zero attached hydrogens (tertiary/aromatic N) is 1. The highest BCUT2D eigenvalue weighted by atomic mass is 79.9. The van der Waals surface area contributed by atoms with E-state index in [1.807, 2.05) is 18.2 Å². The Balaban J connectivity index is 1.95. The topological polar surface area (TPSA) is 64.4 Å². The summed E-state index contributed by atoms with van der Waals surface area (Å²) >= 11 is 3.48. The lowest BCUT2D eigenvalue weighted by molar-refractivity contribution is -0.118. The number of aromatic nitrogens is 1. The maximum atomic E-state index is 11.8. The number of nitrogens with one attached hydrogen (secondary N) is 1. The van der Waals surface area contributed by atoms with Crippen LogP contribution in [0.15, 0.2) is 33.3 Å². The van der Waals surface area contributed by atoms with Gasteiger partial charge in [-0.15, -0.1) is 0 Å². The van der Waals surface area contributed by atoms with Crippen LogP contribution in [0.4, 0.5) is 5.82 Å². The molecule has 5 nitrogen and oxygen atoms in total. The van der Waals surface area contributed by atoms with Crippen LogP contribution in [0.1, 0.15) is 32.1 Å². The van der Waals surface area contributed by atoms with E-state index < -0.39 is 0 Å². The fraction of sp³-hybridized carbons (Fsp3) is 0.375. The Kier molecular flexibility index (Phi) is 4.90. The number of anilines is 1. The summed E-state index contributed by atoms with van der Waals surface area (Å²) in [6, 6.07) is 7.51. The van der Waals surface area contributed by atoms with E-state index in [2.05, 4.69) is 47.2 Å². The third kappa shape index (κ3) is 4.34. The number of amides is 1. The first-order chi connectivity index (χ1) is 10.3. The Morgan fingerprint density at radius 3 is 2.64 bits per heavy atom. The highest BCUT2D eigenvalue weighted by Crippen LogP contribution is 2.31. The molecule has 1 amide bonds. The summed E-state index contributed by atoms with van der Waals surface area (Å²) in [6.07, 6.45) is 0. The minimum atomic E-state index is -0.292. The number of benzene rings is 1. The number of rotatable bonds is 4. The van der Waals surface area contributed by atoms with Crippen molar-refractivity contribution >= 4 is 27.7 Å². The first kappa shape index (κ1) is 16.5. The molecule has 1 heterocycles. The summed E-state index contributed by atoms with van der Waals surface area (Å²) in [7, 11) is 0. The summed E-state index contributed by atoms with van der Waals surface area (Å²) < 4.78 is 11.2. The van der Waals surface area contributed by atoms with Crippen LogP contribution in [-0.2, 0) is 10.2 Å². The van der Waals surface area contributed by atoms with E-state index in [0.29, 0.717) is 17.3 Å². The smallest absolute Gasteiger partial charge is 0.263 e. The van der Waals surface area contributed by atoms with Gasteiger partial charge in [0.2, 0.25) is 0 Å². The summed E-state index contributed by atoms with van der Waals surface area (Å²) in [5, 5.41) is 6.30. The Morgan fingerprint density at radius 1 is 1.36 bits per heavy atom. The van der Waals surface area contributed by atoms with Gasteiger partial charge < -0.3 is 14.6 Å². The van der Waals surface area contributed by atoms with E-state index in [4.69, 9.17) is 9.26 Å². The third-order valence-electron chi connectivity index (χ3n) is 3.05. The molecule has 0 spiro atoms. The number of hydrogen-bond donors (Lipinski definition) is 1. The van der Waals surface area contributed by atoms with Gasteiger partial charge in [-0.25, -0.2) is 0 Å². The van der Waals surface area contributed by atoms with Crippen molar-refractivity contribution in [3.05, 3.63) is 40.1 Å². The van der Waals surface area contributed by atoms with Crippen molar-refractivity contribution in [3.8, 4) is 5.75 Å². The fourth-order valence-electron chi connectivity index (χ4n) is 1.83. The van der Waals surface area contributed by atoms with E-state index in [0.717, 1.165) is 4.47 Å². The molecule has 0 radical (unpaired) electrons. The SMILES string of the molecule is Cc1cc(NC(=O)COc2ccc(C(C)(C)C)cc2Br)no1. The van der Waals surface area contributed by atoms with Crippen LogP contribution in [0.5, 0.6) is 5.75 Å². The molecule has 1 aromatic carbocycles. The van der Waals surface area contributed by atoms with Gasteiger partial charge in [0, 0.05) is 6.07 Å². The third-order valence-corrected chi connectivity index (χ3v) is 3.67. The Morgan fingerprint density at radius 2 is 2.09 bits per heavy atom. The molecule has 0 saturated carbocycles. The zero-order valence-electron chi connectivity index (χ0n) is 13.1. The van der Waals surface area contributed by atoms with Gasteiger partial charge in [-0.05, 0) is 46.0 Å². The van der Waals surface area contributed by atoms with Crippen molar-refractivity contribution in [2.45, 2.75) is 33.1 Å². The lowest BCUT2D eigenvalue weighted by Crippen LogP contribution is -2.20. The van der Waals surface area contributed by atoms with E-state index in [1.54, 1.807) is 13.0 Å². The van der Waals surface area contributed by atoms with Gasteiger partial charge in [0.15, 0.2) is 12.4 Å². The monoisotopic (exact) mass is 366 g/mol. The number of carbonyl (C=O) groups excluding carboxylic acids is 1. The molecule has 0 aliphatic carbocycles. The van der Waals surface area contributed by atoms with Gasteiger partial charge >= 0.3 is 0 Å². The van der Waals surface area contributed by atoms with E-state index in [9.17, 15) is 4.79 Å². The molecule has 6 heteroatoms. The van der Waals surface area contributed by atoms with Crippen molar-refractivity contribution < 1.29 is 14.1 Å². The summed E-state index contributed by atoms with van der Waals surface area (Å²) in [4.78, 5) is 11.8. The average molecular weight is 367 g/mol. The standard InChI is InChI=1S/C16H19BrN2O3/c1-10-7-14(19-22-10)18-15(20)9-21-13-6-5-11(8-12(13)17)16(2,3)4/h5-8H,9H2,1-4H3,(H,18,19,20). The molecule has 22 heavy (non-hydrogen) atoms. The fourth-order valence-corrected chi connectivity index (χ4v) is 2.33.